The summed E-state index contributed by atoms with van der Waals surface area (Å²) in [6.45, 7) is 0. The fourth-order valence-corrected chi connectivity index (χ4v) is 2.53. The van der Waals surface area contributed by atoms with Crippen LogP contribution in [0.3, 0.4) is 0 Å². The molecule has 2 heteroatoms. The molecule has 0 radical (unpaired) electrons. The van der Waals surface area contributed by atoms with E-state index in [1.54, 1.807) is 6.07 Å². The van der Waals surface area contributed by atoms with E-state index in [1.807, 2.05) is 6.07 Å². The molecule has 0 N–H and O–H groups in total. The second kappa shape index (κ2) is 4.31. The third kappa shape index (κ3) is 1.93. The van der Waals surface area contributed by atoms with Crippen LogP contribution in [-0.2, 0) is 0 Å². The topological polar surface area (TPSA) is 0 Å². The Morgan fingerprint density at radius 1 is 1.14 bits per heavy atom. The molecule has 0 aromatic heterocycles. The Morgan fingerprint density at radius 3 is 2.57 bits per heavy atom. The van der Waals surface area contributed by atoms with Gasteiger partial charge in [0.2, 0.25) is 0 Å². The minimum absolute atomic E-state index is 0.283. The molecule has 1 aromatic rings. The van der Waals surface area contributed by atoms with Gasteiger partial charge in [-0.05, 0) is 30.4 Å². The molecule has 2 rings (SSSR count). The number of hydrogen-bond acceptors (Lipinski definition) is 0. The van der Waals surface area contributed by atoms with Crippen LogP contribution in [0, 0.1) is 5.82 Å². The van der Waals surface area contributed by atoms with E-state index in [1.165, 1.54) is 25.3 Å². The summed E-state index contributed by atoms with van der Waals surface area (Å²) in [6.07, 6.45) is 6.12. The second-order valence-corrected chi connectivity index (χ2v) is 4.36. The van der Waals surface area contributed by atoms with E-state index in [0.717, 1.165) is 18.4 Å². The van der Waals surface area contributed by atoms with E-state index >= 15 is 0 Å². The molecule has 0 bridgehead atoms. The summed E-state index contributed by atoms with van der Waals surface area (Å²) in [7, 11) is 0. The lowest BCUT2D eigenvalue weighted by Crippen LogP contribution is -2.05. The van der Waals surface area contributed by atoms with E-state index in [4.69, 9.17) is 11.6 Å². The van der Waals surface area contributed by atoms with Crippen LogP contribution in [0.4, 0.5) is 4.39 Å². The smallest absolute Gasteiger partial charge is 0.142 e. The van der Waals surface area contributed by atoms with Crippen LogP contribution in [0.2, 0.25) is 5.02 Å². The van der Waals surface area contributed by atoms with Crippen molar-refractivity contribution >= 4 is 11.6 Å². The molecule has 0 amide bonds. The molecule has 0 aliphatic heterocycles. The highest BCUT2D eigenvalue weighted by Gasteiger charge is 2.19. The lowest BCUT2D eigenvalue weighted by Gasteiger charge is -2.22. The van der Waals surface area contributed by atoms with Gasteiger partial charge in [-0.1, -0.05) is 43.0 Å². The first-order chi connectivity index (χ1) is 6.79. The predicted molar refractivity (Wildman–Crippen MR) is 57.2 cm³/mol. The highest BCUT2D eigenvalue weighted by atomic mass is 35.5. The molecule has 0 nitrogen and oxygen atoms in total. The van der Waals surface area contributed by atoms with Gasteiger partial charge in [0.25, 0.3) is 0 Å². The van der Waals surface area contributed by atoms with Gasteiger partial charge in [0.15, 0.2) is 0 Å². The molecule has 0 spiro atoms. The van der Waals surface area contributed by atoms with Crippen LogP contribution in [0.15, 0.2) is 18.2 Å². The minimum atomic E-state index is -0.283. The maximum absolute atomic E-state index is 13.2. The first-order valence-electron chi connectivity index (χ1n) is 5.23. The monoisotopic (exact) mass is 212 g/mol. The summed E-state index contributed by atoms with van der Waals surface area (Å²) in [5.74, 6) is 0.196. The maximum atomic E-state index is 13.2. The van der Waals surface area contributed by atoms with Gasteiger partial charge in [0, 0.05) is 0 Å². The van der Waals surface area contributed by atoms with Crippen LogP contribution in [0.25, 0.3) is 0 Å². The van der Waals surface area contributed by atoms with Gasteiger partial charge in [-0.2, -0.15) is 0 Å². The summed E-state index contributed by atoms with van der Waals surface area (Å²) in [6, 6.07) is 5.14. The largest absolute Gasteiger partial charge is 0.205 e. The summed E-state index contributed by atoms with van der Waals surface area (Å²) < 4.78 is 13.2. The van der Waals surface area contributed by atoms with Gasteiger partial charge in [-0.3, -0.25) is 0 Å². The normalized spacial score (nSPS) is 18.4. The first kappa shape index (κ1) is 9.97. The van der Waals surface area contributed by atoms with E-state index in [-0.39, 0.29) is 5.82 Å². The van der Waals surface area contributed by atoms with Crippen molar-refractivity contribution in [2.75, 3.05) is 0 Å². The molecule has 0 heterocycles. The Bertz CT molecular complexity index is 316. The van der Waals surface area contributed by atoms with Gasteiger partial charge >= 0.3 is 0 Å². The molecule has 14 heavy (non-hydrogen) atoms. The Kier molecular flexibility index (Phi) is 3.07. The van der Waals surface area contributed by atoms with Gasteiger partial charge in [-0.25, -0.2) is 4.39 Å². The van der Waals surface area contributed by atoms with Crippen molar-refractivity contribution in [3.8, 4) is 0 Å². The average Bonchev–Trinajstić information content (AvgIpc) is 2.23. The highest BCUT2D eigenvalue weighted by Crippen LogP contribution is 2.36. The van der Waals surface area contributed by atoms with Crippen molar-refractivity contribution in [1.82, 2.24) is 0 Å². The van der Waals surface area contributed by atoms with Crippen molar-refractivity contribution < 1.29 is 4.39 Å². The summed E-state index contributed by atoms with van der Waals surface area (Å²) in [5, 5.41) is 0.333. The van der Waals surface area contributed by atoms with Gasteiger partial charge in [0.05, 0.1) is 5.02 Å². The third-order valence-electron chi connectivity index (χ3n) is 3.03. The maximum Gasteiger partial charge on any atom is 0.142 e. The van der Waals surface area contributed by atoms with Crippen molar-refractivity contribution in [1.29, 1.82) is 0 Å². The quantitative estimate of drug-likeness (QED) is 0.642. The number of rotatable bonds is 1. The lowest BCUT2D eigenvalue weighted by atomic mass is 9.84. The van der Waals surface area contributed by atoms with E-state index in [2.05, 4.69) is 0 Å². The van der Waals surface area contributed by atoms with Gasteiger partial charge in [-0.15, -0.1) is 0 Å². The molecular formula is C12H14ClF. The van der Waals surface area contributed by atoms with Crippen molar-refractivity contribution in [2.24, 2.45) is 0 Å². The van der Waals surface area contributed by atoms with Crippen LogP contribution < -0.4 is 0 Å². The molecule has 0 saturated heterocycles. The van der Waals surface area contributed by atoms with E-state index in [9.17, 15) is 4.39 Å². The van der Waals surface area contributed by atoms with E-state index in [0.29, 0.717) is 10.9 Å². The predicted octanol–water partition coefficient (Wildman–Crippen LogP) is 4.53. The number of hydrogen-bond donors (Lipinski definition) is 0. The zero-order valence-corrected chi connectivity index (χ0v) is 8.86. The Labute approximate surface area is 89.1 Å². The standard InChI is InChI=1S/C12H14ClF/c13-12-10(7-4-8-11(12)14)9-5-2-1-3-6-9/h4,7-9H,1-3,5-6H2. The molecule has 0 unspecified atom stereocenters. The zero-order chi connectivity index (χ0) is 9.97. The summed E-state index contributed by atoms with van der Waals surface area (Å²) in [4.78, 5) is 0. The van der Waals surface area contributed by atoms with E-state index < -0.39 is 0 Å². The molecule has 1 aliphatic carbocycles. The van der Waals surface area contributed by atoms with Crippen LogP contribution in [-0.4, -0.2) is 0 Å². The van der Waals surface area contributed by atoms with Crippen molar-refractivity contribution in [3.63, 3.8) is 0 Å². The van der Waals surface area contributed by atoms with Crippen LogP contribution in [0.5, 0.6) is 0 Å². The Morgan fingerprint density at radius 2 is 1.86 bits per heavy atom. The minimum Gasteiger partial charge on any atom is -0.205 e. The second-order valence-electron chi connectivity index (χ2n) is 3.98. The first-order valence-corrected chi connectivity index (χ1v) is 5.61. The fraction of sp³-hybridized carbons (Fsp3) is 0.500. The number of benzene rings is 1. The summed E-state index contributed by atoms with van der Waals surface area (Å²) >= 11 is 5.95. The van der Waals surface area contributed by atoms with Gasteiger partial charge < -0.3 is 0 Å². The third-order valence-corrected chi connectivity index (χ3v) is 3.43. The lowest BCUT2D eigenvalue weighted by molar-refractivity contribution is 0.442. The number of halogens is 2. The van der Waals surface area contributed by atoms with Crippen LogP contribution >= 0.6 is 11.6 Å². The molecule has 1 saturated carbocycles. The average molecular weight is 213 g/mol. The summed E-state index contributed by atoms with van der Waals surface area (Å²) in [5.41, 5.74) is 1.01. The molecule has 0 atom stereocenters. The molecule has 1 aliphatic rings. The van der Waals surface area contributed by atoms with Gasteiger partial charge in [0.1, 0.15) is 5.82 Å². The fourth-order valence-electron chi connectivity index (χ4n) is 2.25. The molecule has 1 fully saturated rings. The molecule has 1 aromatic carbocycles. The van der Waals surface area contributed by atoms with Crippen molar-refractivity contribution in [2.45, 2.75) is 38.0 Å². The zero-order valence-electron chi connectivity index (χ0n) is 8.10. The van der Waals surface area contributed by atoms with Crippen LogP contribution in [0.1, 0.15) is 43.6 Å². The highest BCUT2D eigenvalue weighted by molar-refractivity contribution is 6.31. The molecule has 76 valence electrons. The SMILES string of the molecule is Fc1cccc(C2CCCCC2)c1Cl. The molecular weight excluding hydrogens is 199 g/mol. The Hall–Kier alpha value is -0.560. The van der Waals surface area contributed by atoms with Crippen molar-refractivity contribution in [3.05, 3.63) is 34.6 Å². The Balaban J connectivity index is 2.26.